The van der Waals surface area contributed by atoms with E-state index in [2.05, 4.69) is 11.8 Å². The number of aliphatic carboxylic acids is 1. The highest BCUT2D eigenvalue weighted by Crippen LogP contribution is 2.41. The van der Waals surface area contributed by atoms with Gasteiger partial charge < -0.3 is 5.11 Å². The van der Waals surface area contributed by atoms with Crippen molar-refractivity contribution >= 4 is 5.97 Å². The van der Waals surface area contributed by atoms with Gasteiger partial charge in [-0.3, -0.25) is 9.69 Å². The lowest BCUT2D eigenvalue weighted by atomic mass is 9.89. The lowest BCUT2D eigenvalue weighted by Crippen LogP contribution is -2.46. The maximum Gasteiger partial charge on any atom is 0.305 e. The molecule has 1 saturated carbocycles. The van der Waals surface area contributed by atoms with Crippen LogP contribution in [-0.2, 0) is 4.79 Å². The van der Waals surface area contributed by atoms with Crippen LogP contribution >= 0.6 is 0 Å². The zero-order valence-electron chi connectivity index (χ0n) is 9.54. The average Bonchev–Trinajstić information content (AvgIpc) is 2.78. The maximum absolute atomic E-state index is 10.9. The van der Waals surface area contributed by atoms with Crippen molar-refractivity contribution in [1.29, 1.82) is 0 Å². The number of hydrogen-bond acceptors (Lipinski definition) is 2. The number of nitrogens with zero attached hydrogens (tertiary/aromatic N) is 1. The van der Waals surface area contributed by atoms with Crippen molar-refractivity contribution in [2.24, 2.45) is 5.92 Å². The van der Waals surface area contributed by atoms with Crippen molar-refractivity contribution in [1.82, 2.24) is 4.90 Å². The van der Waals surface area contributed by atoms with Crippen LogP contribution in [0.3, 0.4) is 0 Å². The molecule has 15 heavy (non-hydrogen) atoms. The highest BCUT2D eigenvalue weighted by molar-refractivity contribution is 5.68. The van der Waals surface area contributed by atoms with Gasteiger partial charge in [0.1, 0.15) is 0 Å². The number of carboxylic acids is 1. The fourth-order valence-electron chi connectivity index (χ4n) is 2.84. The molecule has 1 aliphatic carbocycles. The Morgan fingerprint density at radius 1 is 1.40 bits per heavy atom. The minimum absolute atomic E-state index is 0.0799. The van der Waals surface area contributed by atoms with Gasteiger partial charge in [-0.05, 0) is 45.2 Å². The largest absolute Gasteiger partial charge is 0.481 e. The first-order valence-electron chi connectivity index (χ1n) is 6.07. The Kier molecular flexibility index (Phi) is 3.01. The third-order valence-corrected chi connectivity index (χ3v) is 3.83. The monoisotopic (exact) mass is 211 g/mol. The van der Waals surface area contributed by atoms with Crippen LogP contribution in [0, 0.1) is 5.92 Å². The van der Waals surface area contributed by atoms with Crippen molar-refractivity contribution in [3.05, 3.63) is 0 Å². The minimum Gasteiger partial charge on any atom is -0.481 e. The van der Waals surface area contributed by atoms with Gasteiger partial charge in [-0.1, -0.05) is 12.8 Å². The molecule has 1 unspecified atom stereocenters. The Morgan fingerprint density at radius 3 is 2.47 bits per heavy atom. The number of carboxylic acid groups (broad SMARTS) is 1. The van der Waals surface area contributed by atoms with Crippen molar-refractivity contribution in [2.45, 2.75) is 51.0 Å². The van der Waals surface area contributed by atoms with E-state index in [-0.39, 0.29) is 5.54 Å². The summed E-state index contributed by atoms with van der Waals surface area (Å²) >= 11 is 0. The van der Waals surface area contributed by atoms with Crippen LogP contribution < -0.4 is 0 Å². The number of hydrogen-bond donors (Lipinski definition) is 1. The van der Waals surface area contributed by atoms with Crippen LogP contribution in [-0.4, -0.2) is 34.6 Å². The van der Waals surface area contributed by atoms with Gasteiger partial charge in [-0.15, -0.1) is 0 Å². The summed E-state index contributed by atoms with van der Waals surface area (Å²) in [4.78, 5) is 13.3. The predicted octanol–water partition coefficient (Wildman–Crippen LogP) is 2.12. The normalized spacial score (nSPS) is 26.5. The summed E-state index contributed by atoms with van der Waals surface area (Å²) in [6.45, 7) is 4.33. The van der Waals surface area contributed by atoms with Crippen LogP contribution in [0.25, 0.3) is 0 Å². The molecular formula is C12H21NO2. The van der Waals surface area contributed by atoms with E-state index in [0.29, 0.717) is 6.42 Å². The highest BCUT2D eigenvalue weighted by Gasteiger charge is 2.40. The van der Waals surface area contributed by atoms with E-state index in [1.54, 1.807) is 0 Å². The molecule has 2 fully saturated rings. The van der Waals surface area contributed by atoms with E-state index >= 15 is 0 Å². The molecular weight excluding hydrogens is 190 g/mol. The molecule has 3 nitrogen and oxygen atoms in total. The second-order valence-corrected chi connectivity index (χ2v) is 5.41. The summed E-state index contributed by atoms with van der Waals surface area (Å²) in [6.07, 6.45) is 6.48. The first kappa shape index (κ1) is 10.9. The Balaban J connectivity index is 2.01. The predicted molar refractivity (Wildman–Crippen MR) is 58.8 cm³/mol. The quantitative estimate of drug-likeness (QED) is 0.757. The standard InChI is InChI=1S/C12H21NO2/c1-12(9-11(14)15,8-10-4-5-10)13-6-2-3-7-13/h10H,2-9H2,1H3,(H,14,15). The van der Waals surface area contributed by atoms with E-state index in [0.717, 1.165) is 25.4 Å². The molecule has 2 rings (SSSR count). The molecule has 0 aromatic heterocycles. The fourth-order valence-corrected chi connectivity index (χ4v) is 2.84. The number of likely N-dealkylation sites (tertiary alicyclic amines) is 1. The number of carbonyl (C=O) groups is 1. The molecule has 0 amide bonds. The van der Waals surface area contributed by atoms with E-state index < -0.39 is 5.97 Å². The van der Waals surface area contributed by atoms with E-state index in [1.807, 2.05) is 0 Å². The third kappa shape index (κ3) is 2.71. The van der Waals surface area contributed by atoms with Crippen molar-refractivity contribution in [2.75, 3.05) is 13.1 Å². The average molecular weight is 211 g/mol. The molecule has 86 valence electrons. The second kappa shape index (κ2) is 4.12. The van der Waals surface area contributed by atoms with Gasteiger partial charge in [0.25, 0.3) is 0 Å². The molecule has 0 aromatic carbocycles. The summed E-state index contributed by atoms with van der Waals surface area (Å²) in [5.74, 6) is 0.153. The molecule has 0 bridgehead atoms. The lowest BCUT2D eigenvalue weighted by Gasteiger charge is -2.38. The lowest BCUT2D eigenvalue weighted by molar-refractivity contribution is -0.140. The third-order valence-electron chi connectivity index (χ3n) is 3.83. The molecule has 1 atom stereocenters. The molecule has 1 saturated heterocycles. The van der Waals surface area contributed by atoms with Crippen LogP contribution in [0.1, 0.15) is 45.4 Å². The molecule has 3 heteroatoms. The van der Waals surface area contributed by atoms with Crippen molar-refractivity contribution in [3.8, 4) is 0 Å². The molecule has 0 aromatic rings. The molecule has 0 radical (unpaired) electrons. The summed E-state index contributed by atoms with van der Waals surface area (Å²) in [5.41, 5.74) is -0.0799. The second-order valence-electron chi connectivity index (χ2n) is 5.41. The van der Waals surface area contributed by atoms with Gasteiger partial charge in [-0.2, -0.15) is 0 Å². The van der Waals surface area contributed by atoms with E-state index in [9.17, 15) is 4.79 Å². The van der Waals surface area contributed by atoms with Gasteiger partial charge in [0.15, 0.2) is 0 Å². The Labute approximate surface area is 91.5 Å². The summed E-state index contributed by atoms with van der Waals surface area (Å²) < 4.78 is 0. The molecule has 1 N–H and O–H groups in total. The van der Waals surface area contributed by atoms with Crippen LogP contribution in [0.5, 0.6) is 0 Å². The number of rotatable bonds is 5. The highest BCUT2D eigenvalue weighted by atomic mass is 16.4. The Bertz CT molecular complexity index is 244. The smallest absolute Gasteiger partial charge is 0.305 e. The Hall–Kier alpha value is -0.570. The van der Waals surface area contributed by atoms with Gasteiger partial charge in [-0.25, -0.2) is 0 Å². The van der Waals surface area contributed by atoms with Gasteiger partial charge in [0.05, 0.1) is 6.42 Å². The first-order chi connectivity index (χ1) is 7.10. The maximum atomic E-state index is 10.9. The first-order valence-corrected chi connectivity index (χ1v) is 6.07. The summed E-state index contributed by atoms with van der Waals surface area (Å²) in [7, 11) is 0. The molecule has 1 aliphatic heterocycles. The summed E-state index contributed by atoms with van der Waals surface area (Å²) in [6, 6.07) is 0. The van der Waals surface area contributed by atoms with E-state index in [4.69, 9.17) is 5.11 Å². The minimum atomic E-state index is -0.648. The van der Waals surface area contributed by atoms with Crippen molar-refractivity contribution < 1.29 is 9.90 Å². The van der Waals surface area contributed by atoms with Crippen LogP contribution in [0.4, 0.5) is 0 Å². The van der Waals surface area contributed by atoms with Crippen molar-refractivity contribution in [3.63, 3.8) is 0 Å². The molecule has 2 aliphatic rings. The van der Waals surface area contributed by atoms with Crippen LogP contribution in [0.15, 0.2) is 0 Å². The van der Waals surface area contributed by atoms with Gasteiger partial charge in [0, 0.05) is 5.54 Å². The molecule has 1 heterocycles. The zero-order chi connectivity index (χ0) is 10.9. The SMILES string of the molecule is CC(CC(=O)O)(CC1CC1)N1CCCC1. The Morgan fingerprint density at radius 2 is 2.00 bits per heavy atom. The van der Waals surface area contributed by atoms with Gasteiger partial charge in [0.2, 0.25) is 0 Å². The van der Waals surface area contributed by atoms with Crippen LogP contribution in [0.2, 0.25) is 0 Å². The topological polar surface area (TPSA) is 40.5 Å². The summed E-state index contributed by atoms with van der Waals surface area (Å²) in [5, 5.41) is 9.02. The fraction of sp³-hybridized carbons (Fsp3) is 0.917. The zero-order valence-corrected chi connectivity index (χ0v) is 9.54. The van der Waals surface area contributed by atoms with E-state index in [1.165, 1.54) is 25.7 Å². The molecule has 0 spiro atoms. The van der Waals surface area contributed by atoms with Gasteiger partial charge >= 0.3 is 5.97 Å².